The van der Waals surface area contributed by atoms with Gasteiger partial charge in [0.15, 0.2) is 0 Å². The summed E-state index contributed by atoms with van der Waals surface area (Å²) in [7, 11) is 6.40. The van der Waals surface area contributed by atoms with Crippen LogP contribution in [0.25, 0.3) is 0 Å². The molecule has 1 aromatic carbocycles. The molecule has 0 saturated carbocycles. The van der Waals surface area contributed by atoms with Gasteiger partial charge in [0.25, 0.3) is 0 Å². The van der Waals surface area contributed by atoms with Crippen LogP contribution in [0, 0.1) is 0 Å². The predicted molar refractivity (Wildman–Crippen MR) is 79.6 cm³/mol. The highest BCUT2D eigenvalue weighted by atomic mass is 16.5. The molecule has 19 heavy (non-hydrogen) atoms. The fourth-order valence-corrected chi connectivity index (χ4v) is 2.71. The van der Waals surface area contributed by atoms with Crippen LogP contribution in [0.1, 0.15) is 30.5 Å². The van der Waals surface area contributed by atoms with Crippen molar-refractivity contribution in [3.05, 3.63) is 28.8 Å². The molecular weight excluding hydrogens is 236 g/mol. The summed E-state index contributed by atoms with van der Waals surface area (Å²) in [5, 5.41) is 0. The van der Waals surface area contributed by atoms with Gasteiger partial charge in [-0.25, -0.2) is 0 Å². The maximum atomic E-state index is 5.82. The van der Waals surface area contributed by atoms with E-state index in [1.807, 2.05) is 6.92 Å². The van der Waals surface area contributed by atoms with Crippen LogP contribution >= 0.6 is 0 Å². The average molecular weight is 262 g/mol. The quantitative estimate of drug-likeness (QED) is 0.829. The second-order valence-corrected chi connectivity index (χ2v) is 5.87. The van der Waals surface area contributed by atoms with E-state index in [-0.39, 0.29) is 0 Å². The van der Waals surface area contributed by atoms with Crippen molar-refractivity contribution < 1.29 is 4.74 Å². The van der Waals surface area contributed by atoms with Crippen molar-refractivity contribution >= 4 is 0 Å². The highest BCUT2D eigenvalue weighted by molar-refractivity contribution is 5.44. The van der Waals surface area contributed by atoms with Gasteiger partial charge in [-0.3, -0.25) is 4.90 Å². The van der Waals surface area contributed by atoms with Gasteiger partial charge in [0.1, 0.15) is 5.75 Å². The van der Waals surface area contributed by atoms with E-state index in [1.54, 1.807) is 0 Å². The lowest BCUT2D eigenvalue weighted by molar-refractivity contribution is 0.230. The van der Waals surface area contributed by atoms with Crippen LogP contribution in [-0.4, -0.2) is 43.6 Å². The third-order valence-corrected chi connectivity index (χ3v) is 3.86. The van der Waals surface area contributed by atoms with Crippen molar-refractivity contribution in [1.82, 2.24) is 9.80 Å². The average Bonchev–Trinajstić information content (AvgIpc) is 2.32. The fraction of sp³-hybridized carbons (Fsp3) is 0.625. The second kappa shape index (κ2) is 5.93. The zero-order chi connectivity index (χ0) is 14.0. The molecule has 1 aliphatic rings. The van der Waals surface area contributed by atoms with Crippen molar-refractivity contribution in [3.63, 3.8) is 0 Å². The summed E-state index contributed by atoms with van der Waals surface area (Å²) < 4.78 is 5.82. The summed E-state index contributed by atoms with van der Waals surface area (Å²) in [6.45, 7) is 7.04. The van der Waals surface area contributed by atoms with Crippen LogP contribution in [0.4, 0.5) is 0 Å². The van der Waals surface area contributed by atoms with Gasteiger partial charge < -0.3 is 9.64 Å². The van der Waals surface area contributed by atoms with Crippen molar-refractivity contribution in [2.45, 2.75) is 39.4 Å². The summed E-state index contributed by atoms with van der Waals surface area (Å²) in [6.07, 6.45) is 1.14. The van der Waals surface area contributed by atoms with Gasteiger partial charge in [-0.2, -0.15) is 0 Å². The number of hydrogen-bond donors (Lipinski definition) is 0. The Balaban J connectivity index is 2.36. The molecule has 0 fully saturated rings. The largest absolute Gasteiger partial charge is 0.494 e. The van der Waals surface area contributed by atoms with Gasteiger partial charge in [0.05, 0.1) is 6.61 Å². The number of ether oxygens (including phenoxy) is 1. The lowest BCUT2D eigenvalue weighted by atomic mass is 9.93. The molecule has 0 bridgehead atoms. The Bertz CT molecular complexity index is 443. The molecule has 2 rings (SSSR count). The Hall–Kier alpha value is -1.06. The molecule has 1 heterocycles. The molecule has 0 radical (unpaired) electrons. The zero-order valence-electron chi connectivity index (χ0n) is 12.9. The van der Waals surface area contributed by atoms with Crippen molar-refractivity contribution in [3.8, 4) is 5.75 Å². The molecule has 106 valence electrons. The van der Waals surface area contributed by atoms with Gasteiger partial charge >= 0.3 is 0 Å². The first-order valence-corrected chi connectivity index (χ1v) is 7.13. The first-order chi connectivity index (χ1) is 9.01. The smallest absolute Gasteiger partial charge is 0.124 e. The van der Waals surface area contributed by atoms with E-state index in [4.69, 9.17) is 4.74 Å². The minimum Gasteiger partial charge on any atom is -0.494 e. The van der Waals surface area contributed by atoms with Crippen molar-refractivity contribution in [1.29, 1.82) is 0 Å². The Morgan fingerprint density at radius 1 is 1.32 bits per heavy atom. The number of benzene rings is 1. The van der Waals surface area contributed by atoms with Gasteiger partial charge in [0, 0.05) is 24.7 Å². The molecular formula is C16H26N2O. The van der Waals surface area contributed by atoms with E-state index in [1.165, 1.54) is 16.7 Å². The number of fused-ring (bicyclic) bond motifs is 1. The number of nitrogens with zero attached hydrogens (tertiary/aromatic N) is 2. The minimum absolute atomic E-state index is 0.623. The summed E-state index contributed by atoms with van der Waals surface area (Å²) >= 11 is 0. The van der Waals surface area contributed by atoms with Crippen LogP contribution in [-0.2, 0) is 19.5 Å². The van der Waals surface area contributed by atoms with Gasteiger partial charge in [0.2, 0.25) is 0 Å². The van der Waals surface area contributed by atoms with E-state index < -0.39 is 0 Å². The first kappa shape index (κ1) is 14.4. The highest BCUT2D eigenvalue weighted by Crippen LogP contribution is 2.30. The highest BCUT2D eigenvalue weighted by Gasteiger charge is 2.21. The summed E-state index contributed by atoms with van der Waals surface area (Å²) in [4.78, 5) is 4.60. The minimum atomic E-state index is 0.623. The standard InChI is InChI=1S/C16H26N2O/c1-6-19-16-9-14-11-18(5)12(2)7-13(14)8-15(16)10-17(3)4/h8-9,12H,6-7,10-11H2,1-5H3. The third-order valence-electron chi connectivity index (χ3n) is 3.86. The summed E-state index contributed by atoms with van der Waals surface area (Å²) in [6, 6.07) is 5.22. The molecule has 0 saturated heterocycles. The Morgan fingerprint density at radius 3 is 2.68 bits per heavy atom. The van der Waals surface area contributed by atoms with Crippen molar-refractivity contribution in [2.24, 2.45) is 0 Å². The molecule has 3 heteroatoms. The van der Waals surface area contributed by atoms with Crippen LogP contribution in [0.2, 0.25) is 0 Å². The summed E-state index contributed by atoms with van der Waals surface area (Å²) in [5.74, 6) is 1.05. The van der Waals surface area contributed by atoms with Crippen molar-refractivity contribution in [2.75, 3.05) is 27.7 Å². The molecule has 0 aliphatic carbocycles. The number of rotatable bonds is 4. The SMILES string of the molecule is CCOc1cc2c(cc1CN(C)C)CC(C)N(C)C2. The van der Waals surface area contributed by atoms with E-state index in [0.717, 1.165) is 31.9 Å². The lowest BCUT2D eigenvalue weighted by Crippen LogP contribution is -2.35. The fourth-order valence-electron chi connectivity index (χ4n) is 2.71. The molecule has 0 aromatic heterocycles. The van der Waals surface area contributed by atoms with E-state index in [2.05, 4.69) is 50.0 Å². The predicted octanol–water partition coefficient (Wildman–Crippen LogP) is 2.52. The Morgan fingerprint density at radius 2 is 2.05 bits per heavy atom. The van der Waals surface area contributed by atoms with Gasteiger partial charge in [-0.15, -0.1) is 0 Å². The molecule has 1 aliphatic heterocycles. The third kappa shape index (κ3) is 3.28. The normalized spacial score (nSPS) is 19.6. The molecule has 0 spiro atoms. The zero-order valence-corrected chi connectivity index (χ0v) is 12.9. The maximum Gasteiger partial charge on any atom is 0.124 e. The van der Waals surface area contributed by atoms with Gasteiger partial charge in [-0.1, -0.05) is 6.07 Å². The molecule has 1 aromatic rings. The number of hydrogen-bond acceptors (Lipinski definition) is 3. The second-order valence-electron chi connectivity index (χ2n) is 5.87. The van der Waals surface area contributed by atoms with Crippen LogP contribution in [0.15, 0.2) is 12.1 Å². The molecule has 3 nitrogen and oxygen atoms in total. The Kier molecular flexibility index (Phi) is 4.48. The summed E-state index contributed by atoms with van der Waals surface area (Å²) in [5.41, 5.74) is 4.22. The molecule has 1 atom stereocenters. The molecule has 1 unspecified atom stereocenters. The van der Waals surface area contributed by atoms with Crippen LogP contribution in [0.3, 0.4) is 0 Å². The first-order valence-electron chi connectivity index (χ1n) is 7.13. The van der Waals surface area contributed by atoms with Crippen LogP contribution < -0.4 is 4.74 Å². The maximum absolute atomic E-state index is 5.82. The Labute approximate surface area is 117 Å². The van der Waals surface area contributed by atoms with E-state index >= 15 is 0 Å². The molecule has 0 N–H and O–H groups in total. The van der Waals surface area contributed by atoms with E-state index in [0.29, 0.717) is 6.04 Å². The monoisotopic (exact) mass is 262 g/mol. The topological polar surface area (TPSA) is 15.7 Å². The molecule has 0 amide bonds. The lowest BCUT2D eigenvalue weighted by Gasteiger charge is -2.32. The van der Waals surface area contributed by atoms with E-state index in [9.17, 15) is 0 Å². The van der Waals surface area contributed by atoms with Crippen LogP contribution in [0.5, 0.6) is 5.75 Å². The van der Waals surface area contributed by atoms with Gasteiger partial charge in [-0.05, 0) is 58.6 Å². The number of likely N-dealkylation sites (N-methyl/N-ethyl adjacent to an activating group) is 1.